The zero-order valence-electron chi connectivity index (χ0n) is 10.4. The van der Waals surface area contributed by atoms with E-state index in [9.17, 15) is 14.9 Å². The number of carbonyl (C=O) groups excluding carboxylic acids is 1. The van der Waals surface area contributed by atoms with Gasteiger partial charge in [-0.2, -0.15) is 0 Å². The van der Waals surface area contributed by atoms with Crippen molar-refractivity contribution in [3.05, 3.63) is 57.3 Å². The molecule has 8 heteroatoms. The van der Waals surface area contributed by atoms with Gasteiger partial charge in [0.25, 0.3) is 11.6 Å². The number of rotatable bonds is 4. The van der Waals surface area contributed by atoms with Gasteiger partial charge < -0.3 is 9.32 Å². The molecular formula is C12H10ClN3O4. The number of furan rings is 1. The number of pyridine rings is 1. The van der Waals surface area contributed by atoms with Gasteiger partial charge in [-0.05, 0) is 18.2 Å². The first-order valence-corrected chi connectivity index (χ1v) is 5.94. The van der Waals surface area contributed by atoms with Crippen LogP contribution in [-0.4, -0.2) is 27.8 Å². The van der Waals surface area contributed by atoms with Crippen molar-refractivity contribution in [3.8, 4) is 0 Å². The van der Waals surface area contributed by atoms with Crippen molar-refractivity contribution in [1.82, 2.24) is 9.88 Å². The Morgan fingerprint density at radius 1 is 1.60 bits per heavy atom. The average molecular weight is 296 g/mol. The van der Waals surface area contributed by atoms with Crippen LogP contribution in [0.3, 0.4) is 0 Å². The second-order valence-electron chi connectivity index (χ2n) is 4.02. The third-order valence-electron chi connectivity index (χ3n) is 2.60. The number of nitro groups is 1. The summed E-state index contributed by atoms with van der Waals surface area (Å²) in [6.45, 7) is 0.197. The zero-order valence-corrected chi connectivity index (χ0v) is 11.2. The fourth-order valence-corrected chi connectivity index (χ4v) is 1.81. The molecule has 2 aromatic rings. The molecule has 0 N–H and O–H groups in total. The largest absolute Gasteiger partial charge is 0.467 e. The van der Waals surface area contributed by atoms with Gasteiger partial charge in [-0.25, -0.2) is 4.98 Å². The third-order valence-corrected chi connectivity index (χ3v) is 2.80. The quantitative estimate of drug-likeness (QED) is 0.491. The van der Waals surface area contributed by atoms with Crippen LogP contribution in [0.25, 0.3) is 0 Å². The van der Waals surface area contributed by atoms with E-state index in [2.05, 4.69) is 4.98 Å². The predicted molar refractivity (Wildman–Crippen MR) is 70.4 cm³/mol. The van der Waals surface area contributed by atoms with Crippen LogP contribution in [0.4, 0.5) is 5.69 Å². The second kappa shape index (κ2) is 5.70. The molecule has 0 spiro atoms. The smallest absolute Gasteiger partial charge is 0.300 e. The van der Waals surface area contributed by atoms with Crippen LogP contribution >= 0.6 is 11.6 Å². The molecule has 0 unspecified atom stereocenters. The Morgan fingerprint density at radius 3 is 2.95 bits per heavy atom. The number of halogens is 1. The molecule has 0 saturated carbocycles. The highest BCUT2D eigenvalue weighted by atomic mass is 35.5. The summed E-state index contributed by atoms with van der Waals surface area (Å²) in [6, 6.07) is 4.58. The van der Waals surface area contributed by atoms with Gasteiger partial charge in [0.15, 0.2) is 0 Å². The SMILES string of the molecule is CN(Cc1ccco1)C(=O)c1cc(Cl)ncc1[N+](=O)[O-]. The number of nitrogens with zero attached hydrogens (tertiary/aromatic N) is 3. The molecule has 0 aliphatic heterocycles. The minimum Gasteiger partial charge on any atom is -0.467 e. The van der Waals surface area contributed by atoms with Crippen molar-refractivity contribution in [1.29, 1.82) is 0 Å². The normalized spacial score (nSPS) is 10.3. The van der Waals surface area contributed by atoms with E-state index >= 15 is 0 Å². The van der Waals surface area contributed by atoms with Crippen molar-refractivity contribution < 1.29 is 14.1 Å². The summed E-state index contributed by atoms with van der Waals surface area (Å²) in [4.78, 5) is 27.4. The van der Waals surface area contributed by atoms with Crippen LogP contribution in [0.15, 0.2) is 35.1 Å². The minimum absolute atomic E-state index is 0.0188. The first-order valence-electron chi connectivity index (χ1n) is 5.57. The second-order valence-corrected chi connectivity index (χ2v) is 4.41. The molecule has 0 aliphatic rings. The molecule has 104 valence electrons. The van der Waals surface area contributed by atoms with E-state index in [1.807, 2.05) is 0 Å². The standard InChI is InChI=1S/C12H10ClN3O4/c1-15(7-8-3-2-4-20-8)12(17)9-5-11(13)14-6-10(9)16(18)19/h2-6H,7H2,1H3. The lowest BCUT2D eigenvalue weighted by molar-refractivity contribution is -0.385. The number of aromatic nitrogens is 1. The number of hydrogen-bond donors (Lipinski definition) is 0. The summed E-state index contributed by atoms with van der Waals surface area (Å²) < 4.78 is 5.13. The van der Waals surface area contributed by atoms with E-state index < -0.39 is 10.8 Å². The number of carbonyl (C=O) groups is 1. The Labute approximate surface area is 118 Å². The average Bonchev–Trinajstić information content (AvgIpc) is 2.90. The highest BCUT2D eigenvalue weighted by molar-refractivity contribution is 6.29. The van der Waals surface area contributed by atoms with E-state index in [0.29, 0.717) is 5.76 Å². The van der Waals surface area contributed by atoms with E-state index in [1.54, 1.807) is 12.1 Å². The van der Waals surface area contributed by atoms with Crippen LogP contribution < -0.4 is 0 Å². The molecule has 1 amide bonds. The van der Waals surface area contributed by atoms with E-state index in [0.717, 1.165) is 6.20 Å². The van der Waals surface area contributed by atoms with Gasteiger partial charge in [0.05, 0.1) is 17.7 Å². The van der Waals surface area contributed by atoms with Gasteiger partial charge in [-0.3, -0.25) is 14.9 Å². The van der Waals surface area contributed by atoms with Crippen LogP contribution in [0.1, 0.15) is 16.1 Å². The van der Waals surface area contributed by atoms with Gasteiger partial charge >= 0.3 is 0 Å². The molecule has 2 heterocycles. The molecule has 2 aromatic heterocycles. The Hall–Kier alpha value is -2.41. The Balaban J connectivity index is 2.28. The highest BCUT2D eigenvalue weighted by Crippen LogP contribution is 2.22. The maximum Gasteiger partial charge on any atom is 0.300 e. The fourth-order valence-electron chi connectivity index (χ4n) is 1.65. The lowest BCUT2D eigenvalue weighted by Crippen LogP contribution is -2.26. The summed E-state index contributed by atoms with van der Waals surface area (Å²) in [7, 11) is 1.52. The first-order chi connectivity index (χ1) is 9.49. The van der Waals surface area contributed by atoms with Gasteiger partial charge in [-0.15, -0.1) is 0 Å². The first kappa shape index (κ1) is 14.0. The van der Waals surface area contributed by atoms with Crippen LogP contribution in [0, 0.1) is 10.1 Å². The third kappa shape index (κ3) is 2.94. The minimum atomic E-state index is -0.669. The predicted octanol–water partition coefficient (Wildman–Crippen LogP) is 2.51. The molecule has 0 atom stereocenters. The number of amides is 1. The fraction of sp³-hybridized carbons (Fsp3) is 0.167. The lowest BCUT2D eigenvalue weighted by atomic mass is 10.2. The molecule has 0 radical (unpaired) electrons. The molecular weight excluding hydrogens is 286 g/mol. The van der Waals surface area contributed by atoms with E-state index in [1.165, 1.54) is 24.3 Å². The summed E-state index contributed by atoms with van der Waals surface area (Å²) in [5.41, 5.74) is -0.491. The molecule has 7 nitrogen and oxygen atoms in total. The van der Waals surface area contributed by atoms with Crippen LogP contribution in [-0.2, 0) is 6.54 Å². The molecule has 2 rings (SSSR count). The topological polar surface area (TPSA) is 89.5 Å². The zero-order chi connectivity index (χ0) is 14.7. The molecule has 0 aliphatic carbocycles. The molecule has 0 bridgehead atoms. The number of hydrogen-bond acceptors (Lipinski definition) is 5. The molecule has 20 heavy (non-hydrogen) atoms. The maximum atomic E-state index is 12.2. The summed E-state index contributed by atoms with van der Waals surface area (Å²) in [5.74, 6) is 0.0426. The Kier molecular flexibility index (Phi) is 3.99. The van der Waals surface area contributed by atoms with E-state index in [-0.39, 0.29) is 22.9 Å². The van der Waals surface area contributed by atoms with Crippen LogP contribution in [0.5, 0.6) is 0 Å². The van der Waals surface area contributed by atoms with Crippen molar-refractivity contribution in [2.45, 2.75) is 6.54 Å². The molecule has 0 fully saturated rings. The summed E-state index contributed by atoms with van der Waals surface area (Å²) in [5, 5.41) is 10.9. The maximum absolute atomic E-state index is 12.2. The highest BCUT2D eigenvalue weighted by Gasteiger charge is 2.24. The van der Waals surface area contributed by atoms with Crippen molar-refractivity contribution >= 4 is 23.2 Å². The monoisotopic (exact) mass is 295 g/mol. The Morgan fingerprint density at radius 2 is 2.35 bits per heavy atom. The van der Waals surface area contributed by atoms with Gasteiger partial charge in [-0.1, -0.05) is 11.6 Å². The van der Waals surface area contributed by atoms with Gasteiger partial charge in [0.1, 0.15) is 22.7 Å². The van der Waals surface area contributed by atoms with Gasteiger partial charge in [0.2, 0.25) is 0 Å². The Bertz CT molecular complexity index is 642. The molecule has 0 saturated heterocycles. The van der Waals surface area contributed by atoms with E-state index in [4.69, 9.17) is 16.0 Å². The van der Waals surface area contributed by atoms with Crippen molar-refractivity contribution in [2.24, 2.45) is 0 Å². The summed E-state index contributed by atoms with van der Waals surface area (Å²) in [6.07, 6.45) is 2.45. The molecule has 0 aromatic carbocycles. The van der Waals surface area contributed by atoms with Gasteiger partial charge in [0, 0.05) is 7.05 Å². The lowest BCUT2D eigenvalue weighted by Gasteiger charge is -2.15. The summed E-state index contributed by atoms with van der Waals surface area (Å²) >= 11 is 5.69. The van der Waals surface area contributed by atoms with Crippen LogP contribution in [0.2, 0.25) is 5.15 Å². The van der Waals surface area contributed by atoms with Crippen molar-refractivity contribution in [2.75, 3.05) is 7.05 Å². The van der Waals surface area contributed by atoms with Crippen molar-refractivity contribution in [3.63, 3.8) is 0 Å².